The van der Waals surface area contributed by atoms with Gasteiger partial charge in [-0.25, -0.2) is 14.4 Å². The van der Waals surface area contributed by atoms with Crippen molar-refractivity contribution in [3.8, 4) is 0 Å². The highest BCUT2D eigenvalue weighted by atomic mass is 19.1. The third-order valence-corrected chi connectivity index (χ3v) is 2.90. The summed E-state index contributed by atoms with van der Waals surface area (Å²) in [5.41, 5.74) is 0. The molecule has 16 heavy (non-hydrogen) atoms. The van der Waals surface area contributed by atoms with Crippen molar-refractivity contribution in [3.63, 3.8) is 0 Å². The van der Waals surface area contributed by atoms with Crippen LogP contribution in [0.4, 0.5) is 10.3 Å². The van der Waals surface area contributed by atoms with Gasteiger partial charge in [0, 0.05) is 13.1 Å². The van der Waals surface area contributed by atoms with Crippen LogP contribution in [-0.2, 0) is 0 Å². The molecule has 0 aromatic carbocycles. The number of halogens is 1. The number of piperidine rings is 1. The molecule has 0 bridgehead atoms. The molecule has 0 aliphatic carbocycles. The second-order valence-electron chi connectivity index (χ2n) is 4.21. The number of nitrogens with one attached hydrogen (secondary N) is 1. The molecule has 1 aromatic rings. The number of rotatable bonds is 3. The van der Waals surface area contributed by atoms with Crippen molar-refractivity contribution < 1.29 is 4.39 Å². The monoisotopic (exact) mass is 224 g/mol. The van der Waals surface area contributed by atoms with Crippen LogP contribution in [0.3, 0.4) is 0 Å². The van der Waals surface area contributed by atoms with Crippen LogP contribution in [0, 0.1) is 11.7 Å². The predicted octanol–water partition coefficient (Wildman–Crippen LogP) is 1.05. The Morgan fingerprint density at radius 2 is 2.25 bits per heavy atom. The molecule has 2 heterocycles. The van der Waals surface area contributed by atoms with E-state index in [9.17, 15) is 4.39 Å². The van der Waals surface area contributed by atoms with E-state index in [4.69, 9.17) is 0 Å². The van der Waals surface area contributed by atoms with Crippen LogP contribution in [0.1, 0.15) is 12.8 Å². The first kappa shape index (κ1) is 11.3. The Morgan fingerprint density at radius 3 is 2.94 bits per heavy atom. The number of aromatic nitrogens is 2. The molecule has 1 aliphatic heterocycles. The first-order valence-electron chi connectivity index (χ1n) is 5.66. The molecule has 0 amide bonds. The molecule has 4 nitrogen and oxygen atoms in total. The summed E-state index contributed by atoms with van der Waals surface area (Å²) in [6, 6.07) is 0. The topological polar surface area (TPSA) is 41.0 Å². The summed E-state index contributed by atoms with van der Waals surface area (Å²) < 4.78 is 12.7. The van der Waals surface area contributed by atoms with Gasteiger partial charge in [0.05, 0.1) is 12.4 Å². The molecule has 1 aliphatic rings. The fourth-order valence-electron chi connectivity index (χ4n) is 2.17. The minimum atomic E-state index is -0.382. The molecule has 2 rings (SSSR count). The fraction of sp³-hybridized carbons (Fsp3) is 0.636. The summed E-state index contributed by atoms with van der Waals surface area (Å²) in [5, 5.41) is 3.19. The maximum Gasteiger partial charge on any atom is 0.225 e. The van der Waals surface area contributed by atoms with E-state index in [1.807, 2.05) is 7.05 Å². The van der Waals surface area contributed by atoms with Gasteiger partial charge in [-0.15, -0.1) is 0 Å². The molecule has 0 saturated carbocycles. The SMILES string of the molecule is CNCC1CCCN(c2ncc(F)cn2)C1. The van der Waals surface area contributed by atoms with Crippen molar-refractivity contribution in [2.24, 2.45) is 5.92 Å². The summed E-state index contributed by atoms with van der Waals surface area (Å²) in [6.07, 6.45) is 4.83. The van der Waals surface area contributed by atoms with Gasteiger partial charge >= 0.3 is 0 Å². The maximum atomic E-state index is 12.7. The normalized spacial score (nSPS) is 21.1. The first-order valence-corrected chi connectivity index (χ1v) is 5.66. The van der Waals surface area contributed by atoms with Crippen molar-refractivity contribution in [2.75, 3.05) is 31.6 Å². The van der Waals surface area contributed by atoms with Gasteiger partial charge in [0.15, 0.2) is 5.82 Å². The Labute approximate surface area is 94.9 Å². The molecule has 0 radical (unpaired) electrons. The summed E-state index contributed by atoms with van der Waals surface area (Å²) >= 11 is 0. The van der Waals surface area contributed by atoms with Crippen LogP contribution in [0.2, 0.25) is 0 Å². The smallest absolute Gasteiger partial charge is 0.225 e. The van der Waals surface area contributed by atoms with Crippen molar-refractivity contribution in [1.29, 1.82) is 0 Å². The largest absolute Gasteiger partial charge is 0.341 e. The highest BCUT2D eigenvalue weighted by Gasteiger charge is 2.20. The molecule has 5 heteroatoms. The average Bonchev–Trinajstić information content (AvgIpc) is 2.31. The molecule has 1 saturated heterocycles. The molecule has 1 atom stereocenters. The zero-order valence-electron chi connectivity index (χ0n) is 9.49. The Balaban J connectivity index is 2.01. The Hall–Kier alpha value is -1.23. The Morgan fingerprint density at radius 1 is 1.50 bits per heavy atom. The van der Waals surface area contributed by atoms with Gasteiger partial charge in [-0.1, -0.05) is 0 Å². The molecule has 1 fully saturated rings. The highest BCUT2D eigenvalue weighted by Crippen LogP contribution is 2.19. The van der Waals surface area contributed by atoms with Crippen molar-refractivity contribution in [2.45, 2.75) is 12.8 Å². The van der Waals surface area contributed by atoms with Crippen molar-refractivity contribution >= 4 is 5.95 Å². The van der Waals surface area contributed by atoms with Gasteiger partial charge < -0.3 is 10.2 Å². The van der Waals surface area contributed by atoms with Gasteiger partial charge in [-0.2, -0.15) is 0 Å². The number of anilines is 1. The van der Waals surface area contributed by atoms with E-state index >= 15 is 0 Å². The summed E-state index contributed by atoms with van der Waals surface area (Å²) in [5.74, 6) is 0.891. The lowest BCUT2D eigenvalue weighted by Gasteiger charge is -2.32. The second-order valence-corrected chi connectivity index (χ2v) is 4.21. The van der Waals surface area contributed by atoms with Crippen LogP contribution >= 0.6 is 0 Å². The zero-order valence-corrected chi connectivity index (χ0v) is 9.49. The van der Waals surface area contributed by atoms with Crippen molar-refractivity contribution in [3.05, 3.63) is 18.2 Å². The molecule has 1 aromatic heterocycles. The van der Waals surface area contributed by atoms with Gasteiger partial charge in [-0.3, -0.25) is 0 Å². The van der Waals surface area contributed by atoms with Gasteiger partial charge in [0.25, 0.3) is 0 Å². The third-order valence-electron chi connectivity index (χ3n) is 2.90. The lowest BCUT2D eigenvalue weighted by atomic mass is 9.98. The van der Waals surface area contributed by atoms with Crippen molar-refractivity contribution in [1.82, 2.24) is 15.3 Å². The van der Waals surface area contributed by atoms with Gasteiger partial charge in [0.2, 0.25) is 5.95 Å². The summed E-state index contributed by atoms with van der Waals surface area (Å²) in [6.45, 7) is 2.93. The lowest BCUT2D eigenvalue weighted by Crippen LogP contribution is -2.39. The first-order chi connectivity index (χ1) is 7.79. The zero-order chi connectivity index (χ0) is 11.4. The standard InChI is InChI=1S/C11H17FN4/c1-13-5-9-3-2-4-16(8-9)11-14-6-10(12)7-15-11/h6-7,9,13H,2-5,8H2,1H3. The molecule has 0 spiro atoms. The van der Waals surface area contributed by atoms with E-state index in [0.29, 0.717) is 11.9 Å². The highest BCUT2D eigenvalue weighted by molar-refractivity contribution is 5.29. The Bertz CT molecular complexity index is 325. The van der Waals surface area contributed by atoms with Crippen LogP contribution in [0.25, 0.3) is 0 Å². The van der Waals surface area contributed by atoms with E-state index in [1.54, 1.807) is 0 Å². The van der Waals surface area contributed by atoms with E-state index < -0.39 is 0 Å². The van der Waals surface area contributed by atoms with E-state index in [0.717, 1.165) is 26.1 Å². The van der Waals surface area contributed by atoms with Gasteiger partial charge in [-0.05, 0) is 32.4 Å². The average molecular weight is 224 g/mol. The third kappa shape index (κ3) is 2.66. The minimum Gasteiger partial charge on any atom is -0.341 e. The summed E-state index contributed by atoms with van der Waals surface area (Å²) in [7, 11) is 1.97. The van der Waals surface area contributed by atoms with Crippen LogP contribution in [0.5, 0.6) is 0 Å². The van der Waals surface area contributed by atoms with E-state index in [2.05, 4.69) is 20.2 Å². The predicted molar refractivity (Wildman–Crippen MR) is 60.9 cm³/mol. The van der Waals surface area contributed by atoms with E-state index in [1.165, 1.54) is 18.8 Å². The van der Waals surface area contributed by atoms with Crippen LogP contribution < -0.4 is 10.2 Å². The summed E-state index contributed by atoms with van der Waals surface area (Å²) in [4.78, 5) is 10.2. The number of nitrogens with zero attached hydrogens (tertiary/aromatic N) is 3. The molecule has 88 valence electrons. The lowest BCUT2D eigenvalue weighted by molar-refractivity contribution is 0.399. The van der Waals surface area contributed by atoms with Crippen LogP contribution in [-0.4, -0.2) is 36.6 Å². The molecular formula is C11H17FN4. The maximum absolute atomic E-state index is 12.7. The molecule has 1 unspecified atom stereocenters. The number of hydrogen-bond donors (Lipinski definition) is 1. The molecular weight excluding hydrogens is 207 g/mol. The Kier molecular flexibility index (Phi) is 3.66. The second kappa shape index (κ2) is 5.21. The number of hydrogen-bond acceptors (Lipinski definition) is 4. The minimum absolute atomic E-state index is 0.382. The fourth-order valence-corrected chi connectivity index (χ4v) is 2.17. The quantitative estimate of drug-likeness (QED) is 0.833. The van der Waals surface area contributed by atoms with Crippen LogP contribution in [0.15, 0.2) is 12.4 Å². The van der Waals surface area contributed by atoms with Gasteiger partial charge in [0.1, 0.15) is 0 Å². The van der Waals surface area contributed by atoms with E-state index in [-0.39, 0.29) is 5.82 Å². The molecule has 1 N–H and O–H groups in total.